The van der Waals surface area contributed by atoms with Crippen molar-refractivity contribution in [2.45, 2.75) is 26.8 Å². The number of allylic oxidation sites excluding steroid dienone is 2. The maximum atomic E-state index is 8.47. The van der Waals surface area contributed by atoms with Crippen molar-refractivity contribution in [1.29, 1.82) is 5.26 Å². The van der Waals surface area contributed by atoms with Gasteiger partial charge < -0.3 is 0 Å². The zero-order chi connectivity index (χ0) is 7.98. The van der Waals surface area contributed by atoms with Crippen LogP contribution in [0.1, 0.15) is 20.8 Å². The Balaban J connectivity index is 4.23. The van der Waals surface area contributed by atoms with Crippen molar-refractivity contribution in [3.8, 4) is 6.07 Å². The zero-order valence-corrected chi connectivity index (χ0v) is 6.63. The van der Waals surface area contributed by atoms with Crippen LogP contribution in [-0.2, 0) is 0 Å². The predicted octanol–water partition coefficient (Wildman–Crippen LogP) is 1.94. The molecule has 0 N–H and O–H groups in total. The van der Waals surface area contributed by atoms with Crippen LogP contribution in [0.25, 0.3) is 0 Å². The molecule has 2 heteroatoms. The van der Waals surface area contributed by atoms with E-state index in [1.165, 1.54) is 0 Å². The van der Waals surface area contributed by atoms with Crippen LogP contribution in [0.3, 0.4) is 0 Å². The Labute approximate surface area is 61.9 Å². The van der Waals surface area contributed by atoms with Gasteiger partial charge in [-0.1, -0.05) is 6.08 Å². The summed E-state index contributed by atoms with van der Waals surface area (Å²) in [7, 11) is 0. The number of nitriles is 1. The fourth-order valence-electron chi connectivity index (χ4n) is 0.545. The summed E-state index contributed by atoms with van der Waals surface area (Å²) < 4.78 is 0. The van der Waals surface area contributed by atoms with Gasteiger partial charge in [0.2, 0.25) is 0 Å². The summed E-state index contributed by atoms with van der Waals surface area (Å²) in [6.45, 7) is 5.76. The molecule has 0 saturated heterocycles. The van der Waals surface area contributed by atoms with E-state index in [2.05, 4.69) is 4.99 Å². The SMILES string of the molecule is C/C=C\C(C#N)=NC(C)C. The van der Waals surface area contributed by atoms with Crippen LogP contribution in [0, 0.1) is 11.3 Å². The number of aliphatic imine (C=N–C) groups is 1. The molecule has 0 fully saturated rings. The van der Waals surface area contributed by atoms with Crippen LogP contribution >= 0.6 is 0 Å². The lowest BCUT2D eigenvalue weighted by atomic mass is 10.3. The summed E-state index contributed by atoms with van der Waals surface area (Å²) in [6.07, 6.45) is 3.52. The van der Waals surface area contributed by atoms with E-state index < -0.39 is 0 Å². The van der Waals surface area contributed by atoms with Crippen molar-refractivity contribution >= 4 is 5.71 Å². The molecule has 0 spiro atoms. The average molecular weight is 136 g/mol. The van der Waals surface area contributed by atoms with E-state index in [0.29, 0.717) is 5.71 Å². The van der Waals surface area contributed by atoms with Gasteiger partial charge in [-0.15, -0.1) is 0 Å². The van der Waals surface area contributed by atoms with Gasteiger partial charge in [-0.05, 0) is 26.8 Å². The van der Waals surface area contributed by atoms with Crippen LogP contribution < -0.4 is 0 Å². The van der Waals surface area contributed by atoms with Gasteiger partial charge in [-0.25, -0.2) is 0 Å². The molecule has 0 radical (unpaired) electrons. The second kappa shape index (κ2) is 4.75. The third-order valence-corrected chi connectivity index (χ3v) is 0.836. The molecule has 0 amide bonds. The number of nitrogens with zero attached hydrogens (tertiary/aromatic N) is 2. The minimum Gasteiger partial charge on any atom is -0.271 e. The lowest BCUT2D eigenvalue weighted by molar-refractivity contribution is 0.838. The lowest BCUT2D eigenvalue weighted by Crippen LogP contribution is -1.95. The Morgan fingerprint density at radius 3 is 2.50 bits per heavy atom. The topological polar surface area (TPSA) is 36.1 Å². The molecule has 0 aromatic carbocycles. The van der Waals surface area contributed by atoms with Crippen LogP contribution in [0.2, 0.25) is 0 Å². The van der Waals surface area contributed by atoms with Crippen molar-refractivity contribution in [1.82, 2.24) is 0 Å². The van der Waals surface area contributed by atoms with Crippen molar-refractivity contribution in [3.63, 3.8) is 0 Å². The largest absolute Gasteiger partial charge is 0.271 e. The molecule has 2 nitrogen and oxygen atoms in total. The molecule has 0 bridgehead atoms. The summed E-state index contributed by atoms with van der Waals surface area (Å²) in [6, 6.07) is 2.20. The molecule has 10 heavy (non-hydrogen) atoms. The number of rotatable bonds is 2. The maximum Gasteiger partial charge on any atom is 0.135 e. The molecule has 0 rings (SSSR count). The Hall–Kier alpha value is -1.10. The predicted molar refractivity (Wildman–Crippen MR) is 43.0 cm³/mol. The first-order valence-electron chi connectivity index (χ1n) is 3.31. The highest BCUT2D eigenvalue weighted by Gasteiger charge is 1.91. The van der Waals surface area contributed by atoms with E-state index in [-0.39, 0.29) is 6.04 Å². The van der Waals surface area contributed by atoms with Gasteiger partial charge in [0, 0.05) is 6.04 Å². The molecule has 0 aliphatic carbocycles. The summed E-state index contributed by atoms with van der Waals surface area (Å²) in [5.74, 6) is 0. The highest BCUT2D eigenvalue weighted by Crippen LogP contribution is 1.89. The quantitative estimate of drug-likeness (QED) is 0.534. The van der Waals surface area contributed by atoms with Crippen molar-refractivity contribution in [2.24, 2.45) is 4.99 Å². The summed E-state index contributed by atoms with van der Waals surface area (Å²) >= 11 is 0. The van der Waals surface area contributed by atoms with Crippen LogP contribution in [-0.4, -0.2) is 11.8 Å². The highest BCUT2D eigenvalue weighted by molar-refractivity contribution is 6.07. The molecular weight excluding hydrogens is 124 g/mol. The fraction of sp³-hybridized carbons (Fsp3) is 0.500. The molecule has 0 unspecified atom stereocenters. The molecular formula is C8H12N2. The Morgan fingerprint density at radius 2 is 2.20 bits per heavy atom. The van der Waals surface area contributed by atoms with Crippen molar-refractivity contribution in [2.75, 3.05) is 0 Å². The molecule has 0 aliphatic rings. The third kappa shape index (κ3) is 3.85. The molecule has 0 aliphatic heterocycles. The molecule has 54 valence electrons. The molecule has 0 saturated carbocycles. The van der Waals surface area contributed by atoms with Gasteiger partial charge in [0.25, 0.3) is 0 Å². The molecule has 0 aromatic rings. The first-order chi connectivity index (χ1) is 4.70. The number of hydrogen-bond donors (Lipinski definition) is 0. The zero-order valence-electron chi connectivity index (χ0n) is 6.63. The average Bonchev–Trinajstić information content (AvgIpc) is 1.86. The van der Waals surface area contributed by atoms with Crippen LogP contribution in [0.4, 0.5) is 0 Å². The Bertz CT molecular complexity index is 182. The van der Waals surface area contributed by atoms with Gasteiger partial charge >= 0.3 is 0 Å². The van der Waals surface area contributed by atoms with E-state index >= 15 is 0 Å². The van der Waals surface area contributed by atoms with Gasteiger partial charge in [0.05, 0.1) is 0 Å². The summed E-state index contributed by atoms with van der Waals surface area (Å²) in [5, 5.41) is 8.47. The van der Waals surface area contributed by atoms with E-state index in [9.17, 15) is 0 Å². The third-order valence-electron chi connectivity index (χ3n) is 0.836. The highest BCUT2D eigenvalue weighted by atomic mass is 14.8. The molecule has 0 heterocycles. The van der Waals surface area contributed by atoms with Gasteiger partial charge in [-0.2, -0.15) is 5.26 Å². The number of hydrogen-bond acceptors (Lipinski definition) is 2. The first kappa shape index (κ1) is 8.90. The summed E-state index contributed by atoms with van der Waals surface area (Å²) in [4.78, 5) is 4.05. The van der Waals surface area contributed by atoms with E-state index in [4.69, 9.17) is 5.26 Å². The van der Waals surface area contributed by atoms with Crippen LogP contribution in [0.15, 0.2) is 17.1 Å². The second-order valence-corrected chi connectivity index (χ2v) is 2.22. The maximum absolute atomic E-state index is 8.47. The van der Waals surface area contributed by atoms with Crippen molar-refractivity contribution in [3.05, 3.63) is 12.2 Å². The summed E-state index contributed by atoms with van der Waals surface area (Å²) in [5.41, 5.74) is 0.498. The fourth-order valence-corrected chi connectivity index (χ4v) is 0.545. The Morgan fingerprint density at radius 1 is 1.60 bits per heavy atom. The van der Waals surface area contributed by atoms with Gasteiger partial charge in [-0.3, -0.25) is 4.99 Å². The standard InChI is InChI=1S/C8H12N2/c1-4-5-8(6-9)10-7(2)3/h4-5,7H,1-3H3/b5-4-,10-8?. The van der Waals surface area contributed by atoms with E-state index in [0.717, 1.165) is 0 Å². The lowest BCUT2D eigenvalue weighted by Gasteiger charge is -1.93. The van der Waals surface area contributed by atoms with Gasteiger partial charge in [0.1, 0.15) is 11.8 Å². The first-order valence-corrected chi connectivity index (χ1v) is 3.31. The smallest absolute Gasteiger partial charge is 0.135 e. The van der Waals surface area contributed by atoms with E-state index in [1.54, 1.807) is 6.08 Å². The van der Waals surface area contributed by atoms with Crippen molar-refractivity contribution < 1.29 is 0 Å². The normalized spacial score (nSPS) is 12.5. The molecule has 0 aromatic heterocycles. The second-order valence-electron chi connectivity index (χ2n) is 2.22. The Kier molecular flexibility index (Phi) is 4.23. The van der Waals surface area contributed by atoms with Gasteiger partial charge in [0.15, 0.2) is 0 Å². The van der Waals surface area contributed by atoms with Crippen LogP contribution in [0.5, 0.6) is 0 Å². The minimum absolute atomic E-state index is 0.200. The minimum atomic E-state index is 0.200. The monoisotopic (exact) mass is 136 g/mol. The molecule has 0 atom stereocenters. The van der Waals surface area contributed by atoms with E-state index in [1.807, 2.05) is 32.9 Å².